The van der Waals surface area contributed by atoms with Crippen molar-refractivity contribution in [1.29, 1.82) is 0 Å². The van der Waals surface area contributed by atoms with Crippen molar-refractivity contribution in [3.05, 3.63) is 114 Å². The van der Waals surface area contributed by atoms with Gasteiger partial charge in [-0.1, -0.05) is 11.6 Å². The van der Waals surface area contributed by atoms with Crippen molar-refractivity contribution in [2.24, 2.45) is 11.8 Å². The normalized spacial score (nSPS) is 19.2. The first-order chi connectivity index (χ1) is 49.1. The fourth-order valence-corrected chi connectivity index (χ4v) is 9.14. The highest BCUT2D eigenvalue weighted by molar-refractivity contribution is 6.30. The van der Waals surface area contributed by atoms with Crippen LogP contribution in [0.4, 0.5) is 68.9 Å². The Morgan fingerprint density at radius 3 is 1.50 bits per heavy atom. The molecule has 6 N–H and O–H groups in total. The highest BCUT2D eigenvalue weighted by Crippen LogP contribution is 2.40. The maximum absolute atomic E-state index is 13.5. The molecule has 0 aromatic carbocycles. The Hall–Kier alpha value is -10.7. The second kappa shape index (κ2) is 29.3. The molecule has 9 heterocycles. The molecule has 9 aromatic rings. The summed E-state index contributed by atoms with van der Waals surface area (Å²) in [7, 11) is 4.44. The van der Waals surface area contributed by atoms with Crippen LogP contribution in [0.5, 0.6) is 17.6 Å². The van der Waals surface area contributed by atoms with Gasteiger partial charge in [0, 0.05) is 101 Å². The number of carbonyl (C=O) groups is 5. The van der Waals surface area contributed by atoms with E-state index >= 15 is 0 Å². The summed E-state index contributed by atoms with van der Waals surface area (Å²) in [5.74, 6) is -0.986. The zero-order chi connectivity index (χ0) is 77.0. The summed E-state index contributed by atoms with van der Waals surface area (Å²) in [5, 5.41) is 23.0. The molecule has 0 spiro atoms. The third-order valence-corrected chi connectivity index (χ3v) is 14.2. The smallest absolute Gasteiger partial charge is 0.415 e. The number of nitrogens with zero attached hydrogens (tertiary/aromatic N) is 14. The highest BCUT2D eigenvalue weighted by Gasteiger charge is 2.42. The molecule has 0 radical (unpaired) electrons. The van der Waals surface area contributed by atoms with Gasteiger partial charge in [0.15, 0.2) is 28.5 Å². The molecule has 3 saturated carbocycles. The summed E-state index contributed by atoms with van der Waals surface area (Å²) >= 11 is 6.02. The first-order valence-corrected chi connectivity index (χ1v) is 29.8. The second-order valence-corrected chi connectivity index (χ2v) is 24.1. The lowest BCUT2D eigenvalue weighted by atomic mass is 10.1. The number of Topliss-reactive ketones (excluding diaryl/α,β-unsaturated/α-hetero) is 2. The molecular weight excluding hydrogens is 1280 g/mol. The Kier molecular flexibility index (Phi) is 17.7. The number of alkyl halides is 3. The first kappa shape index (κ1) is 58.0. The lowest BCUT2D eigenvalue weighted by molar-refractivity contribution is 0.0577. The third-order valence-electron chi connectivity index (χ3n) is 14.0. The number of carbonyl (C=O) groups excluding carboxylic acids is 5. The van der Waals surface area contributed by atoms with Gasteiger partial charge in [-0.15, -0.1) is 0 Å². The fraction of sp³-hybridized carbons (Fsp3) is 0.397. The van der Waals surface area contributed by atoms with Gasteiger partial charge in [-0.2, -0.15) is 28.8 Å². The van der Waals surface area contributed by atoms with Crippen molar-refractivity contribution in [3.63, 3.8) is 0 Å². The molecule has 0 bridgehead atoms. The molecule has 9 aromatic heterocycles. The predicted octanol–water partition coefficient (Wildman–Crippen LogP) is 10.3. The SMILES string of the molecule is COc1ncccc1N.[2H]C([2H])([2H])N(C(=O)OC(C)(C)C)c1cc(Cl)nc2c(C(=O)N[C@@H]3C[C@@H]3F)cnn12.[2H]C([2H])([2H])N(C(=O)OC(C)(C)C)c1cc(Nc2cccnc2OC)nc2c(C(=O)C[C@@H]3C[C@@H]3F)cnn12.[2H]C([2H])([2H])Nc1cc(Nc2cccnc2OC)nc2c(C(=O)C[C@@H]3C[C@@H]3F)cnn12. The lowest BCUT2D eigenvalue weighted by Crippen LogP contribution is -2.35. The van der Waals surface area contributed by atoms with E-state index in [4.69, 9.17) is 53.4 Å². The average Bonchev–Trinajstić information content (AvgIpc) is 1.72. The number of nitrogen functional groups attached to an aromatic ring is 1. The molecule has 0 unspecified atom stereocenters. The number of methoxy groups -OCH3 is 3. The third kappa shape index (κ3) is 17.2. The van der Waals surface area contributed by atoms with Gasteiger partial charge < -0.3 is 50.7 Å². The van der Waals surface area contributed by atoms with E-state index in [9.17, 15) is 37.1 Å². The molecule has 3 aliphatic rings. The predicted molar refractivity (Wildman–Crippen MR) is 351 cm³/mol. The molecule has 33 heteroatoms. The van der Waals surface area contributed by atoms with Crippen LogP contribution >= 0.6 is 11.6 Å². The molecule has 3 fully saturated rings. The minimum atomic E-state index is -2.98. The van der Waals surface area contributed by atoms with Crippen LogP contribution in [0, 0.1) is 11.8 Å². The molecule has 0 saturated heterocycles. The number of rotatable bonds is 18. The number of aromatic nitrogens is 12. The molecule has 29 nitrogen and oxygen atoms in total. The van der Waals surface area contributed by atoms with Crippen LogP contribution in [0.2, 0.25) is 5.15 Å². The molecule has 3 amide bonds. The molecular formula is C63H73ClF3N19O10. The molecule has 12 rings (SSSR count). The number of anilines is 8. The van der Waals surface area contributed by atoms with Crippen molar-refractivity contribution in [3.8, 4) is 17.6 Å². The number of ether oxygens (including phenoxy) is 5. The molecule has 3 aliphatic carbocycles. The molecule has 508 valence electrons. The minimum Gasteiger partial charge on any atom is -0.480 e. The van der Waals surface area contributed by atoms with Crippen molar-refractivity contribution < 1.29 is 73.2 Å². The van der Waals surface area contributed by atoms with Crippen LogP contribution in [-0.2, 0) is 9.47 Å². The number of hydrogen-bond acceptors (Lipinski definition) is 23. The highest BCUT2D eigenvalue weighted by atomic mass is 35.5. The maximum Gasteiger partial charge on any atom is 0.415 e. The quantitative estimate of drug-likeness (QED) is 0.0394. The summed E-state index contributed by atoms with van der Waals surface area (Å²) < 4.78 is 139. The van der Waals surface area contributed by atoms with Crippen LogP contribution in [0.3, 0.4) is 0 Å². The lowest BCUT2D eigenvalue weighted by Gasteiger charge is -2.25. The van der Waals surface area contributed by atoms with Gasteiger partial charge >= 0.3 is 12.2 Å². The summed E-state index contributed by atoms with van der Waals surface area (Å²) in [4.78, 5) is 89.5. The van der Waals surface area contributed by atoms with Crippen LogP contribution in [0.1, 0.15) is 117 Å². The monoisotopic (exact) mass is 1360 g/mol. The van der Waals surface area contributed by atoms with E-state index in [-0.39, 0.29) is 111 Å². The van der Waals surface area contributed by atoms with Crippen molar-refractivity contribution in [2.45, 2.75) is 109 Å². The van der Waals surface area contributed by atoms with Crippen molar-refractivity contribution in [2.75, 3.05) is 73.7 Å². The number of hydrogen-bond donors (Lipinski definition) is 5. The van der Waals surface area contributed by atoms with Gasteiger partial charge in [0.2, 0.25) is 17.6 Å². The van der Waals surface area contributed by atoms with Crippen LogP contribution < -0.4 is 51.0 Å². The van der Waals surface area contributed by atoms with Gasteiger partial charge in [-0.05, 0) is 90.8 Å². The number of fused-ring (bicyclic) bond motifs is 3. The molecule has 96 heavy (non-hydrogen) atoms. The van der Waals surface area contributed by atoms with Crippen molar-refractivity contribution >= 4 is 104 Å². The van der Waals surface area contributed by atoms with E-state index in [1.165, 1.54) is 49.5 Å². The molecule has 0 aliphatic heterocycles. The summed E-state index contributed by atoms with van der Waals surface area (Å²) in [6.07, 6.45) is 3.94. The average molecular weight is 1360 g/mol. The zero-order valence-corrected chi connectivity index (χ0v) is 53.8. The van der Waals surface area contributed by atoms with Crippen LogP contribution in [0.15, 0.2) is 91.8 Å². The Morgan fingerprint density at radius 2 is 1.06 bits per heavy atom. The fourth-order valence-electron chi connectivity index (χ4n) is 8.97. The first-order valence-electron chi connectivity index (χ1n) is 33.9. The number of pyridine rings is 3. The van der Waals surface area contributed by atoms with Gasteiger partial charge in [-0.25, -0.2) is 52.7 Å². The summed E-state index contributed by atoms with van der Waals surface area (Å²) in [6, 6.07) is 13.5. The van der Waals surface area contributed by atoms with E-state index in [1.54, 1.807) is 97.4 Å². The number of nitrogens with one attached hydrogen (secondary N) is 4. The largest absolute Gasteiger partial charge is 0.480 e. The van der Waals surface area contributed by atoms with Crippen molar-refractivity contribution in [1.82, 2.24) is 64.1 Å². The van der Waals surface area contributed by atoms with Crippen LogP contribution in [-0.4, -0.2) is 166 Å². The van der Waals surface area contributed by atoms with Gasteiger partial charge in [-0.3, -0.25) is 24.2 Å². The molecule has 6 atom stereocenters. The van der Waals surface area contributed by atoms with E-state index in [0.717, 1.165) is 21.3 Å². The maximum atomic E-state index is 13.5. The van der Waals surface area contributed by atoms with E-state index in [2.05, 4.69) is 66.5 Å². The second-order valence-electron chi connectivity index (χ2n) is 23.7. The van der Waals surface area contributed by atoms with Gasteiger partial charge in [0.1, 0.15) is 80.9 Å². The van der Waals surface area contributed by atoms with Crippen LogP contribution in [0.25, 0.3) is 16.9 Å². The number of amides is 3. The standard InChI is InChI=1S/C23H27FN6O4.C18H19FN6O2.C16H19ClFN5O3.C6H8N2O/c1-23(2,3)34-22(32)29(4)19-11-18(27-16-7-6-8-25-21(16)33-5)28-20-14(12-26-30(19)20)17(31)10-13-9-15(13)24;1-20-16-8-15(23-13-4-3-5-21-18(13)27-2)24-17-11(9-22-25(16)17)14(26)7-10-6-12(10)19;1-16(2,3)26-15(25)22(4)12-6-11(17)21-13-8(7-19-23(12)13)14(24)20-10-5-9(10)18;1-9-6-5(7)3-2-4-8-6/h6-8,11-13,15H,9-10H2,1-5H3,(H,27,28);3-5,8-10,12,20H,6-7H2,1-2H3,(H,23,24);6-7,9-10H,5H2,1-4H3,(H,20,24);2-4H,7H2,1H3/t13-,15-;10-,12-;9-,10+;/m000./s1/i4D3;1D3;4D3;. The Morgan fingerprint density at radius 1 is 0.625 bits per heavy atom. The Labute approximate surface area is 566 Å². The minimum absolute atomic E-state index is 0.0123. The summed E-state index contributed by atoms with van der Waals surface area (Å²) in [6.45, 7) is 1.16. The number of halogens is 4. The topological polar surface area (TPSA) is 341 Å². The summed E-state index contributed by atoms with van der Waals surface area (Å²) in [5.41, 5.74) is 5.26. The van der Waals surface area contributed by atoms with E-state index in [0.29, 0.717) is 51.5 Å². The number of ketones is 2. The van der Waals surface area contributed by atoms with Gasteiger partial charge in [0.25, 0.3) is 5.91 Å². The Bertz CT molecular complexity index is 4690. The number of nitrogens with two attached hydrogens (primary N) is 1. The van der Waals surface area contributed by atoms with E-state index < -0.39 is 80.6 Å². The van der Waals surface area contributed by atoms with E-state index in [1.807, 2.05) is 0 Å². The Balaban J connectivity index is 0.000000173. The zero-order valence-electron chi connectivity index (χ0n) is 62.1. The van der Waals surface area contributed by atoms with Gasteiger partial charge in [0.05, 0.1) is 62.8 Å².